The Hall–Kier alpha value is -1.87. The summed E-state index contributed by atoms with van der Waals surface area (Å²) in [6.45, 7) is 10.9. The van der Waals surface area contributed by atoms with Crippen molar-refractivity contribution in [2.24, 2.45) is 5.73 Å². The minimum atomic E-state index is 0.0974. The van der Waals surface area contributed by atoms with Gasteiger partial charge < -0.3 is 10.5 Å². The molecule has 3 heteroatoms. The summed E-state index contributed by atoms with van der Waals surface area (Å²) in [6, 6.07) is 10.2. The van der Waals surface area contributed by atoms with Crippen LogP contribution in [0.15, 0.2) is 30.3 Å². The molecule has 0 unspecified atom stereocenters. The Morgan fingerprint density at radius 2 is 1.86 bits per heavy atom. The van der Waals surface area contributed by atoms with Crippen molar-refractivity contribution in [1.29, 1.82) is 0 Å². The van der Waals surface area contributed by atoms with Gasteiger partial charge in [0.05, 0.1) is 0 Å². The second-order valence-corrected chi connectivity index (χ2v) is 6.41. The van der Waals surface area contributed by atoms with E-state index in [2.05, 4.69) is 37.9 Å². The average Bonchev–Trinajstić information content (AvgIpc) is 2.37. The Bertz CT molecular complexity index is 642. The predicted molar refractivity (Wildman–Crippen MR) is 86.8 cm³/mol. The second kappa shape index (κ2) is 5.86. The first-order chi connectivity index (χ1) is 9.81. The monoisotopic (exact) mass is 284 g/mol. The maximum absolute atomic E-state index is 6.08. The van der Waals surface area contributed by atoms with Crippen LogP contribution in [0.5, 0.6) is 11.5 Å². The van der Waals surface area contributed by atoms with E-state index in [1.807, 2.05) is 32.0 Å². The summed E-state index contributed by atoms with van der Waals surface area (Å²) in [6.07, 6.45) is 0. The van der Waals surface area contributed by atoms with Crippen molar-refractivity contribution in [2.45, 2.75) is 46.6 Å². The van der Waals surface area contributed by atoms with E-state index in [4.69, 9.17) is 10.5 Å². The van der Waals surface area contributed by atoms with E-state index in [-0.39, 0.29) is 5.41 Å². The molecule has 1 aromatic carbocycles. The number of nitrogens with two attached hydrogens (primary N) is 1. The molecule has 21 heavy (non-hydrogen) atoms. The number of hydrogen-bond donors (Lipinski definition) is 1. The normalized spacial score (nSPS) is 11.5. The largest absolute Gasteiger partial charge is 0.457 e. The van der Waals surface area contributed by atoms with Crippen LogP contribution in [-0.2, 0) is 12.0 Å². The first-order valence-corrected chi connectivity index (χ1v) is 7.27. The maximum atomic E-state index is 6.08. The number of ether oxygens (including phenoxy) is 1. The Labute approximate surface area is 127 Å². The minimum absolute atomic E-state index is 0.0974. The van der Waals surface area contributed by atoms with Crippen LogP contribution in [0, 0.1) is 13.8 Å². The minimum Gasteiger partial charge on any atom is -0.457 e. The van der Waals surface area contributed by atoms with Gasteiger partial charge in [0.1, 0.15) is 11.5 Å². The SMILES string of the molecule is Cc1cc(Oc2cccc(C(C)(C)C)c2)c(CN)c(C)n1. The lowest BCUT2D eigenvalue weighted by atomic mass is 9.87. The molecule has 0 atom stereocenters. The summed E-state index contributed by atoms with van der Waals surface area (Å²) < 4.78 is 6.08. The van der Waals surface area contributed by atoms with E-state index >= 15 is 0 Å². The summed E-state index contributed by atoms with van der Waals surface area (Å²) >= 11 is 0. The summed E-state index contributed by atoms with van der Waals surface area (Å²) in [7, 11) is 0. The first kappa shape index (κ1) is 15.5. The van der Waals surface area contributed by atoms with Crippen LogP contribution in [0.4, 0.5) is 0 Å². The second-order valence-electron chi connectivity index (χ2n) is 6.41. The molecule has 1 heterocycles. The van der Waals surface area contributed by atoms with Crippen molar-refractivity contribution in [3.63, 3.8) is 0 Å². The maximum Gasteiger partial charge on any atom is 0.135 e. The lowest BCUT2D eigenvalue weighted by molar-refractivity contribution is 0.470. The number of aryl methyl sites for hydroxylation is 2. The smallest absolute Gasteiger partial charge is 0.135 e. The Morgan fingerprint density at radius 1 is 1.14 bits per heavy atom. The van der Waals surface area contributed by atoms with Crippen molar-refractivity contribution in [1.82, 2.24) is 4.98 Å². The number of aromatic nitrogens is 1. The third-order valence-electron chi connectivity index (χ3n) is 3.55. The number of pyridine rings is 1. The quantitative estimate of drug-likeness (QED) is 0.916. The zero-order valence-electron chi connectivity index (χ0n) is 13.5. The highest BCUT2D eigenvalue weighted by Gasteiger charge is 2.15. The van der Waals surface area contributed by atoms with Crippen LogP contribution in [-0.4, -0.2) is 4.98 Å². The van der Waals surface area contributed by atoms with Crippen LogP contribution in [0.2, 0.25) is 0 Å². The van der Waals surface area contributed by atoms with Crippen molar-refractivity contribution >= 4 is 0 Å². The first-order valence-electron chi connectivity index (χ1n) is 7.27. The van der Waals surface area contributed by atoms with Crippen LogP contribution in [0.3, 0.4) is 0 Å². The fraction of sp³-hybridized carbons (Fsp3) is 0.389. The molecular formula is C18H24N2O. The standard InChI is InChI=1S/C18H24N2O/c1-12-9-17(16(11-19)13(2)20-12)21-15-8-6-7-14(10-15)18(3,4)5/h6-10H,11,19H2,1-5H3. The van der Waals surface area contributed by atoms with E-state index in [1.165, 1.54) is 5.56 Å². The molecule has 2 N–H and O–H groups in total. The zero-order valence-corrected chi connectivity index (χ0v) is 13.5. The third-order valence-corrected chi connectivity index (χ3v) is 3.55. The Kier molecular flexibility index (Phi) is 4.33. The highest BCUT2D eigenvalue weighted by molar-refractivity contribution is 5.42. The Balaban J connectivity index is 2.39. The summed E-state index contributed by atoms with van der Waals surface area (Å²) in [5, 5.41) is 0. The fourth-order valence-electron chi connectivity index (χ4n) is 2.31. The molecule has 1 aromatic heterocycles. The van der Waals surface area contributed by atoms with Gasteiger partial charge in [0.25, 0.3) is 0 Å². The number of rotatable bonds is 3. The molecule has 0 fully saturated rings. The summed E-state index contributed by atoms with van der Waals surface area (Å²) in [5.74, 6) is 1.63. The molecule has 0 amide bonds. The molecule has 0 spiro atoms. The van der Waals surface area contributed by atoms with E-state index in [1.54, 1.807) is 0 Å². The number of nitrogens with zero attached hydrogens (tertiary/aromatic N) is 1. The van der Waals surface area contributed by atoms with Crippen LogP contribution < -0.4 is 10.5 Å². The van der Waals surface area contributed by atoms with Gasteiger partial charge >= 0.3 is 0 Å². The molecule has 0 aliphatic carbocycles. The van der Waals surface area contributed by atoms with Gasteiger partial charge in [0.15, 0.2) is 0 Å². The van der Waals surface area contributed by atoms with Crippen molar-refractivity contribution < 1.29 is 4.74 Å². The van der Waals surface area contributed by atoms with Crippen LogP contribution in [0.25, 0.3) is 0 Å². The van der Waals surface area contributed by atoms with Crippen molar-refractivity contribution in [3.8, 4) is 11.5 Å². The van der Waals surface area contributed by atoms with Crippen molar-refractivity contribution in [3.05, 3.63) is 52.8 Å². The lowest BCUT2D eigenvalue weighted by Crippen LogP contribution is -2.11. The van der Waals surface area contributed by atoms with Gasteiger partial charge in [-0.25, -0.2) is 0 Å². The topological polar surface area (TPSA) is 48.1 Å². The van der Waals surface area contributed by atoms with Gasteiger partial charge in [-0.1, -0.05) is 32.9 Å². The van der Waals surface area contributed by atoms with E-state index in [0.717, 1.165) is 28.5 Å². The van der Waals surface area contributed by atoms with Gasteiger partial charge in [-0.3, -0.25) is 4.98 Å². The molecule has 0 saturated carbocycles. The molecule has 2 aromatic rings. The molecule has 0 radical (unpaired) electrons. The summed E-state index contributed by atoms with van der Waals surface area (Å²) in [5.41, 5.74) is 10.0. The van der Waals surface area contributed by atoms with E-state index in [0.29, 0.717) is 6.54 Å². The third kappa shape index (κ3) is 3.61. The van der Waals surface area contributed by atoms with Gasteiger partial charge in [-0.15, -0.1) is 0 Å². The van der Waals surface area contributed by atoms with Gasteiger partial charge in [0, 0.05) is 29.6 Å². The predicted octanol–water partition coefficient (Wildman–Crippen LogP) is 4.25. The van der Waals surface area contributed by atoms with Crippen LogP contribution in [0.1, 0.15) is 43.3 Å². The molecule has 3 nitrogen and oxygen atoms in total. The van der Waals surface area contributed by atoms with Crippen molar-refractivity contribution in [2.75, 3.05) is 0 Å². The number of benzene rings is 1. The molecule has 0 aliphatic rings. The van der Waals surface area contributed by atoms with Crippen LogP contribution >= 0.6 is 0 Å². The molecule has 0 bridgehead atoms. The zero-order chi connectivity index (χ0) is 15.6. The fourth-order valence-corrected chi connectivity index (χ4v) is 2.31. The molecule has 2 rings (SSSR count). The highest BCUT2D eigenvalue weighted by atomic mass is 16.5. The molecular weight excluding hydrogens is 260 g/mol. The van der Waals surface area contributed by atoms with Gasteiger partial charge in [0.2, 0.25) is 0 Å². The lowest BCUT2D eigenvalue weighted by Gasteiger charge is -2.20. The molecule has 112 valence electrons. The summed E-state index contributed by atoms with van der Waals surface area (Å²) in [4.78, 5) is 4.44. The average molecular weight is 284 g/mol. The van der Waals surface area contributed by atoms with E-state index < -0.39 is 0 Å². The molecule has 0 aliphatic heterocycles. The van der Waals surface area contributed by atoms with E-state index in [9.17, 15) is 0 Å². The number of hydrogen-bond acceptors (Lipinski definition) is 3. The Morgan fingerprint density at radius 3 is 2.48 bits per heavy atom. The van der Waals surface area contributed by atoms with Gasteiger partial charge in [-0.2, -0.15) is 0 Å². The highest BCUT2D eigenvalue weighted by Crippen LogP contribution is 2.31. The molecule has 0 saturated heterocycles. The van der Waals surface area contributed by atoms with Gasteiger partial charge in [-0.05, 0) is 37.0 Å².